The van der Waals surface area contributed by atoms with Crippen molar-refractivity contribution in [1.82, 2.24) is 5.32 Å². The van der Waals surface area contributed by atoms with Gasteiger partial charge in [-0.05, 0) is 55.5 Å². The van der Waals surface area contributed by atoms with Gasteiger partial charge in [0.1, 0.15) is 5.54 Å². The minimum absolute atomic E-state index is 0.326. The third-order valence-electron chi connectivity index (χ3n) is 4.48. The summed E-state index contributed by atoms with van der Waals surface area (Å²) in [6.45, 7) is 8.13. The lowest BCUT2D eigenvalue weighted by Crippen LogP contribution is -2.44. The fourth-order valence-electron chi connectivity index (χ4n) is 3.06. The molecule has 1 N–H and O–H groups in total. The van der Waals surface area contributed by atoms with Crippen molar-refractivity contribution in [1.29, 1.82) is 5.26 Å². The minimum Gasteiger partial charge on any atom is -0.299 e. The Balaban J connectivity index is 2.53. The summed E-state index contributed by atoms with van der Waals surface area (Å²) in [7, 11) is 0. The van der Waals surface area contributed by atoms with Crippen LogP contribution in [0.15, 0.2) is 5.11 Å². The molecule has 0 aromatic carbocycles. The van der Waals surface area contributed by atoms with E-state index in [4.69, 9.17) is 5.53 Å². The molecule has 0 aromatic rings. The van der Waals surface area contributed by atoms with Crippen LogP contribution in [0.2, 0.25) is 0 Å². The van der Waals surface area contributed by atoms with E-state index >= 15 is 0 Å². The average Bonchev–Trinajstić information content (AvgIpc) is 2.61. The van der Waals surface area contributed by atoms with Crippen LogP contribution in [-0.4, -0.2) is 18.6 Å². The van der Waals surface area contributed by atoms with Crippen LogP contribution in [-0.2, 0) is 0 Å². The molecule has 1 aliphatic rings. The monoisotopic (exact) mass is 277 g/mol. The highest BCUT2D eigenvalue weighted by atomic mass is 15.1. The maximum absolute atomic E-state index is 9.56. The van der Waals surface area contributed by atoms with Crippen LogP contribution in [0.1, 0.15) is 59.3 Å². The SMILES string of the molecule is CC(C)(C)C1CCCC(C#N)(NCCCN=[N+]=[N-])CC1. The predicted molar refractivity (Wildman–Crippen MR) is 81.0 cm³/mol. The van der Waals surface area contributed by atoms with Gasteiger partial charge in [-0.25, -0.2) is 0 Å². The van der Waals surface area contributed by atoms with Crippen LogP contribution in [0.25, 0.3) is 10.4 Å². The number of nitriles is 1. The molecule has 1 fully saturated rings. The van der Waals surface area contributed by atoms with E-state index in [-0.39, 0.29) is 5.54 Å². The van der Waals surface area contributed by atoms with Crippen molar-refractivity contribution in [2.75, 3.05) is 13.1 Å². The summed E-state index contributed by atoms with van der Waals surface area (Å²) < 4.78 is 0. The largest absolute Gasteiger partial charge is 0.299 e. The molecule has 0 radical (unpaired) electrons. The van der Waals surface area contributed by atoms with Gasteiger partial charge in [-0.3, -0.25) is 5.32 Å². The van der Waals surface area contributed by atoms with Crippen LogP contribution in [0, 0.1) is 22.7 Å². The normalized spacial score (nSPS) is 27.2. The zero-order valence-corrected chi connectivity index (χ0v) is 13.0. The maximum Gasteiger partial charge on any atom is 0.106 e. The molecule has 0 spiro atoms. The second-order valence-corrected chi connectivity index (χ2v) is 6.92. The molecule has 2 atom stereocenters. The first-order valence-corrected chi connectivity index (χ1v) is 7.61. The molecule has 1 rings (SSSR count). The maximum atomic E-state index is 9.56. The number of nitrogens with zero attached hydrogens (tertiary/aromatic N) is 4. The molecule has 0 saturated heterocycles. The Kier molecular flexibility index (Phi) is 6.32. The fourth-order valence-corrected chi connectivity index (χ4v) is 3.06. The molecule has 1 saturated carbocycles. The Bertz CT molecular complexity index is 386. The summed E-state index contributed by atoms with van der Waals surface area (Å²) in [4.78, 5) is 2.74. The summed E-state index contributed by atoms with van der Waals surface area (Å²) in [6.07, 6.45) is 6.08. The highest BCUT2D eigenvalue weighted by Gasteiger charge is 2.35. The van der Waals surface area contributed by atoms with Crippen molar-refractivity contribution in [3.8, 4) is 6.07 Å². The summed E-state index contributed by atoms with van der Waals surface area (Å²) in [5.41, 5.74) is 8.19. The Hall–Kier alpha value is -1.24. The van der Waals surface area contributed by atoms with E-state index in [9.17, 15) is 5.26 Å². The lowest BCUT2D eigenvalue weighted by Gasteiger charge is -2.31. The molecular weight excluding hydrogens is 250 g/mol. The van der Waals surface area contributed by atoms with Crippen molar-refractivity contribution in [2.45, 2.75) is 64.8 Å². The summed E-state index contributed by atoms with van der Waals surface area (Å²) in [5, 5.41) is 16.5. The van der Waals surface area contributed by atoms with Crippen LogP contribution in [0.4, 0.5) is 0 Å². The van der Waals surface area contributed by atoms with Gasteiger partial charge in [-0.1, -0.05) is 32.3 Å². The van der Waals surface area contributed by atoms with Crippen LogP contribution in [0.5, 0.6) is 0 Å². The van der Waals surface area contributed by atoms with Gasteiger partial charge in [0.2, 0.25) is 0 Å². The zero-order valence-electron chi connectivity index (χ0n) is 13.0. The first-order chi connectivity index (χ1) is 9.43. The van der Waals surface area contributed by atoms with E-state index < -0.39 is 0 Å². The van der Waals surface area contributed by atoms with Crippen LogP contribution in [0.3, 0.4) is 0 Å². The second kappa shape index (κ2) is 7.52. The molecule has 0 bridgehead atoms. The lowest BCUT2D eigenvalue weighted by molar-refractivity contribution is 0.211. The van der Waals surface area contributed by atoms with Crippen molar-refractivity contribution in [2.24, 2.45) is 16.4 Å². The van der Waals surface area contributed by atoms with Crippen LogP contribution < -0.4 is 5.32 Å². The number of nitrogens with one attached hydrogen (secondary N) is 1. The summed E-state index contributed by atoms with van der Waals surface area (Å²) in [6, 6.07) is 2.51. The quantitative estimate of drug-likeness (QED) is 0.269. The van der Waals surface area contributed by atoms with Gasteiger partial charge < -0.3 is 0 Å². The summed E-state index contributed by atoms with van der Waals surface area (Å²) in [5.74, 6) is 0.697. The highest BCUT2D eigenvalue weighted by molar-refractivity contribution is 5.08. The topological polar surface area (TPSA) is 84.6 Å². The number of hydrogen-bond acceptors (Lipinski definition) is 3. The fraction of sp³-hybridized carbons (Fsp3) is 0.933. The number of azide groups is 1. The molecule has 112 valence electrons. The first kappa shape index (κ1) is 16.8. The van der Waals surface area contributed by atoms with Crippen molar-refractivity contribution >= 4 is 0 Å². The Morgan fingerprint density at radius 3 is 2.75 bits per heavy atom. The number of hydrogen-bond donors (Lipinski definition) is 1. The van der Waals surface area contributed by atoms with E-state index in [1.54, 1.807) is 0 Å². The lowest BCUT2D eigenvalue weighted by atomic mass is 9.76. The van der Waals surface area contributed by atoms with Crippen molar-refractivity contribution in [3.63, 3.8) is 0 Å². The molecule has 5 heteroatoms. The van der Waals surface area contributed by atoms with Crippen molar-refractivity contribution in [3.05, 3.63) is 10.4 Å². The van der Waals surface area contributed by atoms with E-state index in [0.717, 1.165) is 38.6 Å². The van der Waals surface area contributed by atoms with Gasteiger partial charge in [-0.15, -0.1) is 0 Å². The van der Waals surface area contributed by atoms with Gasteiger partial charge in [-0.2, -0.15) is 5.26 Å². The number of rotatable bonds is 5. The van der Waals surface area contributed by atoms with E-state index in [1.165, 1.54) is 6.42 Å². The third-order valence-corrected chi connectivity index (χ3v) is 4.48. The van der Waals surface area contributed by atoms with Crippen LogP contribution >= 0.6 is 0 Å². The average molecular weight is 277 g/mol. The second-order valence-electron chi connectivity index (χ2n) is 6.92. The standard InChI is InChI=1S/C15H27N5/c1-14(2,3)13-6-4-8-15(12-16,9-7-13)18-10-5-11-19-20-17/h13,18H,4-11H2,1-3H3. The smallest absolute Gasteiger partial charge is 0.106 e. The third kappa shape index (κ3) is 5.03. The van der Waals surface area contributed by atoms with Gasteiger partial charge in [0.15, 0.2) is 0 Å². The molecule has 0 amide bonds. The van der Waals surface area contributed by atoms with E-state index in [2.05, 4.69) is 42.2 Å². The first-order valence-electron chi connectivity index (χ1n) is 7.61. The molecule has 20 heavy (non-hydrogen) atoms. The van der Waals surface area contributed by atoms with Gasteiger partial charge in [0.25, 0.3) is 0 Å². The Labute approximate surface area is 122 Å². The Morgan fingerprint density at radius 1 is 1.40 bits per heavy atom. The zero-order chi connectivity index (χ0) is 15.1. The molecule has 5 nitrogen and oxygen atoms in total. The molecule has 0 aromatic heterocycles. The van der Waals surface area contributed by atoms with E-state index in [0.29, 0.717) is 17.9 Å². The van der Waals surface area contributed by atoms with E-state index in [1.807, 2.05) is 0 Å². The van der Waals surface area contributed by atoms with Gasteiger partial charge >= 0.3 is 0 Å². The minimum atomic E-state index is -0.379. The molecule has 2 unspecified atom stereocenters. The van der Waals surface area contributed by atoms with Gasteiger partial charge in [0.05, 0.1) is 6.07 Å². The molecule has 0 heterocycles. The Morgan fingerprint density at radius 2 is 2.15 bits per heavy atom. The molecule has 1 aliphatic carbocycles. The summed E-state index contributed by atoms with van der Waals surface area (Å²) >= 11 is 0. The predicted octanol–water partition coefficient (Wildman–Crippen LogP) is 4.17. The van der Waals surface area contributed by atoms with Gasteiger partial charge in [0, 0.05) is 11.5 Å². The molecule has 0 aliphatic heterocycles. The highest BCUT2D eigenvalue weighted by Crippen LogP contribution is 2.39. The van der Waals surface area contributed by atoms with Crippen molar-refractivity contribution < 1.29 is 0 Å². The molecular formula is C15H27N5.